The predicted molar refractivity (Wildman–Crippen MR) is 107 cm³/mol. The normalized spacial score (nSPS) is 23.4. The fourth-order valence-electron chi connectivity index (χ4n) is 4.43. The van der Waals surface area contributed by atoms with Crippen LogP contribution in [0.5, 0.6) is 0 Å². The van der Waals surface area contributed by atoms with Crippen molar-refractivity contribution in [2.45, 2.75) is 38.8 Å². The maximum atomic E-state index is 12.9. The first-order valence-electron chi connectivity index (χ1n) is 9.53. The van der Waals surface area contributed by atoms with Gasteiger partial charge in [-0.05, 0) is 37.6 Å². The molecule has 0 atom stereocenters. The number of piperidine rings is 1. The summed E-state index contributed by atoms with van der Waals surface area (Å²) in [6, 6.07) is 1.81. The summed E-state index contributed by atoms with van der Waals surface area (Å²) in [6.07, 6.45) is 4.61. The Hall–Kier alpha value is -2.87. The number of nitrogen functional groups attached to an aromatic ring is 1. The number of anilines is 2. The zero-order valence-electron chi connectivity index (χ0n) is 16.5. The first-order chi connectivity index (χ1) is 13.3. The van der Waals surface area contributed by atoms with E-state index in [0.29, 0.717) is 30.8 Å². The number of carbonyl (C=O) groups excluding carboxylic acids is 2. The molecule has 4 rings (SSSR count). The van der Waals surface area contributed by atoms with E-state index < -0.39 is 5.66 Å². The minimum atomic E-state index is -0.619. The van der Waals surface area contributed by atoms with E-state index in [0.717, 1.165) is 47.6 Å². The Morgan fingerprint density at radius 2 is 2.07 bits per heavy atom. The third kappa shape index (κ3) is 2.84. The number of allylic oxidation sites excluding steroid dienone is 3. The Balaban J connectivity index is 1.73. The Morgan fingerprint density at radius 1 is 1.36 bits per heavy atom. The van der Waals surface area contributed by atoms with E-state index in [4.69, 9.17) is 5.73 Å². The maximum absolute atomic E-state index is 12.9. The highest BCUT2D eigenvalue weighted by Crippen LogP contribution is 2.38. The molecule has 8 nitrogen and oxygen atoms in total. The van der Waals surface area contributed by atoms with Crippen molar-refractivity contribution in [3.8, 4) is 0 Å². The smallest absolute Gasteiger partial charge is 0.270 e. The Kier molecular flexibility index (Phi) is 4.38. The van der Waals surface area contributed by atoms with Gasteiger partial charge in [0, 0.05) is 56.0 Å². The lowest BCUT2D eigenvalue weighted by Crippen LogP contribution is -2.57. The van der Waals surface area contributed by atoms with Gasteiger partial charge in [-0.15, -0.1) is 0 Å². The maximum Gasteiger partial charge on any atom is 0.270 e. The Morgan fingerprint density at radius 3 is 2.75 bits per heavy atom. The first-order valence-corrected chi connectivity index (χ1v) is 9.53. The molecule has 148 valence electrons. The van der Waals surface area contributed by atoms with Crippen LogP contribution in [0.3, 0.4) is 0 Å². The predicted octanol–water partition coefficient (Wildman–Crippen LogP) is 1.19. The van der Waals surface area contributed by atoms with Gasteiger partial charge in [0.05, 0.1) is 0 Å². The monoisotopic (exact) mass is 382 g/mol. The van der Waals surface area contributed by atoms with Gasteiger partial charge in [-0.1, -0.05) is 0 Å². The largest absolute Gasteiger partial charge is 0.384 e. The average molecular weight is 382 g/mol. The molecule has 2 fully saturated rings. The molecular weight excluding hydrogens is 356 g/mol. The second-order valence-corrected chi connectivity index (χ2v) is 7.91. The molecule has 0 aliphatic carbocycles. The second kappa shape index (κ2) is 6.63. The molecule has 0 bridgehead atoms. The summed E-state index contributed by atoms with van der Waals surface area (Å²) in [7, 11) is 2.05. The van der Waals surface area contributed by atoms with Gasteiger partial charge in [0.2, 0.25) is 6.41 Å². The quantitative estimate of drug-likeness (QED) is 0.524. The molecule has 0 saturated carbocycles. The summed E-state index contributed by atoms with van der Waals surface area (Å²) in [4.78, 5) is 33.0. The van der Waals surface area contributed by atoms with Gasteiger partial charge in [0.25, 0.3) is 5.91 Å². The number of fused-ring (bicyclic) bond motifs is 1. The molecule has 4 N–H and O–H groups in total. The van der Waals surface area contributed by atoms with Crippen molar-refractivity contribution in [1.82, 2.24) is 20.1 Å². The van der Waals surface area contributed by atoms with Crippen LogP contribution in [-0.4, -0.2) is 52.9 Å². The summed E-state index contributed by atoms with van der Waals surface area (Å²) < 4.78 is 0. The van der Waals surface area contributed by atoms with Gasteiger partial charge in [-0.25, -0.2) is 4.98 Å². The summed E-state index contributed by atoms with van der Waals surface area (Å²) >= 11 is 0. The van der Waals surface area contributed by atoms with Gasteiger partial charge >= 0.3 is 0 Å². The fourth-order valence-corrected chi connectivity index (χ4v) is 4.43. The summed E-state index contributed by atoms with van der Waals surface area (Å²) in [6.45, 7) is 5.55. The molecule has 2 amide bonds. The van der Waals surface area contributed by atoms with E-state index in [9.17, 15) is 9.59 Å². The van der Waals surface area contributed by atoms with Crippen LogP contribution in [-0.2, 0) is 16.0 Å². The standard InChI is InChI=1S/C20H26N6O2/c1-12(15-8-14-10-22-17(21)9-16(14)23-13(15)2)18-19(28)24-20(26(18)11-27)4-6-25(3)7-5-20/h9-11,23H,4-8H2,1-3H3,(H2,21,22)(H,24,28)/b18-12-. The molecular formula is C20H26N6O2. The van der Waals surface area contributed by atoms with Crippen molar-refractivity contribution in [3.05, 3.63) is 40.4 Å². The van der Waals surface area contributed by atoms with Crippen LogP contribution >= 0.6 is 0 Å². The lowest BCUT2D eigenvalue weighted by atomic mass is 9.92. The number of carbonyl (C=O) groups is 2. The average Bonchev–Trinajstić information content (AvgIpc) is 2.94. The van der Waals surface area contributed by atoms with Gasteiger partial charge in [-0.2, -0.15) is 0 Å². The number of aromatic nitrogens is 1. The molecule has 28 heavy (non-hydrogen) atoms. The number of pyridine rings is 1. The van der Waals surface area contributed by atoms with Crippen LogP contribution in [0.1, 0.15) is 32.3 Å². The number of nitrogens with one attached hydrogen (secondary N) is 2. The Bertz CT molecular complexity index is 911. The summed E-state index contributed by atoms with van der Waals surface area (Å²) in [5.41, 5.74) is 10.3. The minimum Gasteiger partial charge on any atom is -0.384 e. The van der Waals surface area contributed by atoms with Crippen LogP contribution in [0, 0.1) is 0 Å². The van der Waals surface area contributed by atoms with Crippen molar-refractivity contribution < 1.29 is 9.59 Å². The third-order valence-corrected chi connectivity index (χ3v) is 6.14. The van der Waals surface area contributed by atoms with Gasteiger partial charge in [-0.3, -0.25) is 14.5 Å². The number of rotatable bonds is 2. The van der Waals surface area contributed by atoms with Crippen molar-refractivity contribution in [2.75, 3.05) is 31.2 Å². The highest BCUT2D eigenvalue weighted by atomic mass is 16.2. The van der Waals surface area contributed by atoms with Crippen LogP contribution in [0.25, 0.3) is 0 Å². The van der Waals surface area contributed by atoms with Crippen molar-refractivity contribution in [3.63, 3.8) is 0 Å². The van der Waals surface area contributed by atoms with E-state index in [2.05, 4.69) is 27.6 Å². The van der Waals surface area contributed by atoms with Crippen LogP contribution < -0.4 is 16.4 Å². The molecule has 3 aliphatic rings. The lowest BCUT2D eigenvalue weighted by molar-refractivity contribution is -0.122. The van der Waals surface area contributed by atoms with Crippen LogP contribution in [0.2, 0.25) is 0 Å². The molecule has 3 aliphatic heterocycles. The van der Waals surface area contributed by atoms with E-state index in [1.807, 2.05) is 19.9 Å². The Labute approximate surface area is 164 Å². The number of likely N-dealkylation sites (tertiary alicyclic amines) is 1. The van der Waals surface area contributed by atoms with Crippen molar-refractivity contribution >= 4 is 23.8 Å². The number of amides is 2. The second-order valence-electron chi connectivity index (χ2n) is 7.91. The molecule has 1 aromatic heterocycles. The van der Waals surface area contributed by atoms with E-state index in [1.165, 1.54) is 0 Å². The van der Waals surface area contributed by atoms with Gasteiger partial charge in [0.15, 0.2) is 0 Å². The third-order valence-electron chi connectivity index (χ3n) is 6.14. The van der Waals surface area contributed by atoms with E-state index >= 15 is 0 Å². The van der Waals surface area contributed by atoms with Crippen LogP contribution in [0.15, 0.2) is 34.8 Å². The molecule has 1 spiro atoms. The zero-order chi connectivity index (χ0) is 20.1. The molecule has 4 heterocycles. The fraction of sp³-hybridized carbons (Fsp3) is 0.450. The lowest BCUT2D eigenvalue weighted by Gasteiger charge is -2.41. The molecule has 2 saturated heterocycles. The van der Waals surface area contributed by atoms with E-state index in [-0.39, 0.29) is 5.91 Å². The van der Waals surface area contributed by atoms with Crippen LogP contribution in [0.4, 0.5) is 11.5 Å². The molecule has 0 aromatic carbocycles. The topological polar surface area (TPSA) is 104 Å². The molecule has 0 radical (unpaired) electrons. The van der Waals surface area contributed by atoms with E-state index in [1.54, 1.807) is 11.1 Å². The summed E-state index contributed by atoms with van der Waals surface area (Å²) in [5.74, 6) is 0.278. The van der Waals surface area contributed by atoms with Crippen molar-refractivity contribution in [2.24, 2.45) is 0 Å². The molecule has 1 aromatic rings. The first kappa shape index (κ1) is 18.5. The SMILES string of the molecule is CC1=C(/C(C)=C2/C(=O)NC3(CCN(C)CC3)N2C=O)Cc2cnc(N)cc2N1. The number of hydrogen-bond acceptors (Lipinski definition) is 6. The highest BCUT2D eigenvalue weighted by Gasteiger charge is 2.49. The number of nitrogens with zero attached hydrogens (tertiary/aromatic N) is 3. The van der Waals surface area contributed by atoms with Crippen molar-refractivity contribution in [1.29, 1.82) is 0 Å². The minimum absolute atomic E-state index is 0.185. The molecule has 8 heteroatoms. The number of hydrogen-bond donors (Lipinski definition) is 3. The number of nitrogens with two attached hydrogens (primary N) is 1. The molecule has 0 unspecified atom stereocenters. The van der Waals surface area contributed by atoms with Gasteiger partial charge in [0.1, 0.15) is 17.2 Å². The summed E-state index contributed by atoms with van der Waals surface area (Å²) in [5, 5.41) is 6.46. The zero-order valence-corrected chi connectivity index (χ0v) is 16.5. The van der Waals surface area contributed by atoms with Gasteiger partial charge < -0.3 is 21.3 Å². The highest BCUT2D eigenvalue weighted by molar-refractivity contribution is 6.00.